The number of halogens is 2. The molecule has 4 heteroatoms. The third kappa shape index (κ3) is 2.78. The standard InChI is InChI=1S/C13H16BrClN2/c14-9-1-4-12(15)13(7-9)17-6-5-11(8-17)16-10-2-3-10/h1,4,7,10-11,16H,2-3,5-6,8H2. The van der Waals surface area contributed by atoms with Gasteiger partial charge in [-0.1, -0.05) is 27.5 Å². The van der Waals surface area contributed by atoms with Gasteiger partial charge >= 0.3 is 0 Å². The second-order valence-electron chi connectivity index (χ2n) is 4.97. The minimum Gasteiger partial charge on any atom is -0.369 e. The molecule has 1 atom stereocenters. The van der Waals surface area contributed by atoms with Gasteiger partial charge in [-0.2, -0.15) is 0 Å². The number of hydrogen-bond acceptors (Lipinski definition) is 2. The van der Waals surface area contributed by atoms with Crippen molar-refractivity contribution < 1.29 is 0 Å². The summed E-state index contributed by atoms with van der Waals surface area (Å²) in [6.07, 6.45) is 3.93. The first-order chi connectivity index (χ1) is 8.22. The third-order valence-corrected chi connectivity index (χ3v) is 4.30. The molecule has 1 aliphatic carbocycles. The number of nitrogens with one attached hydrogen (secondary N) is 1. The van der Waals surface area contributed by atoms with Gasteiger partial charge in [-0.25, -0.2) is 0 Å². The van der Waals surface area contributed by atoms with Crippen LogP contribution in [0.4, 0.5) is 5.69 Å². The van der Waals surface area contributed by atoms with E-state index in [1.807, 2.05) is 12.1 Å². The molecule has 0 spiro atoms. The molecule has 1 aromatic carbocycles. The molecule has 17 heavy (non-hydrogen) atoms. The van der Waals surface area contributed by atoms with Crippen LogP contribution in [0.3, 0.4) is 0 Å². The number of hydrogen-bond donors (Lipinski definition) is 1. The van der Waals surface area contributed by atoms with Gasteiger partial charge in [-0.15, -0.1) is 0 Å². The SMILES string of the molecule is Clc1ccc(Br)cc1N1CCC(NC2CC2)C1. The fourth-order valence-corrected chi connectivity index (χ4v) is 3.01. The first kappa shape index (κ1) is 11.8. The summed E-state index contributed by atoms with van der Waals surface area (Å²) in [6, 6.07) is 7.49. The molecule has 0 aromatic heterocycles. The number of rotatable bonds is 3. The monoisotopic (exact) mass is 314 g/mol. The maximum Gasteiger partial charge on any atom is 0.0640 e. The summed E-state index contributed by atoms with van der Waals surface area (Å²) in [5, 5.41) is 4.54. The molecule has 1 N–H and O–H groups in total. The van der Waals surface area contributed by atoms with Crippen molar-refractivity contribution in [1.29, 1.82) is 0 Å². The van der Waals surface area contributed by atoms with E-state index in [2.05, 4.69) is 32.2 Å². The summed E-state index contributed by atoms with van der Waals surface area (Å²) < 4.78 is 1.09. The number of nitrogens with zero attached hydrogens (tertiary/aromatic N) is 1. The Morgan fingerprint density at radius 2 is 2.06 bits per heavy atom. The van der Waals surface area contributed by atoms with Gasteiger partial charge in [0.05, 0.1) is 10.7 Å². The van der Waals surface area contributed by atoms with Crippen LogP contribution in [0.15, 0.2) is 22.7 Å². The number of anilines is 1. The number of benzene rings is 1. The average molecular weight is 316 g/mol. The third-order valence-electron chi connectivity index (χ3n) is 3.49. The first-order valence-corrected chi connectivity index (χ1v) is 7.35. The van der Waals surface area contributed by atoms with Crippen molar-refractivity contribution in [3.8, 4) is 0 Å². The Morgan fingerprint density at radius 3 is 2.82 bits per heavy atom. The molecule has 1 aromatic rings. The summed E-state index contributed by atoms with van der Waals surface area (Å²) in [4.78, 5) is 2.38. The molecule has 0 bridgehead atoms. The maximum atomic E-state index is 6.26. The van der Waals surface area contributed by atoms with Gasteiger partial charge in [0.25, 0.3) is 0 Å². The molecule has 0 radical (unpaired) electrons. The van der Waals surface area contributed by atoms with E-state index in [0.29, 0.717) is 6.04 Å². The lowest BCUT2D eigenvalue weighted by Gasteiger charge is -2.20. The van der Waals surface area contributed by atoms with Crippen LogP contribution >= 0.6 is 27.5 Å². The Kier molecular flexibility index (Phi) is 3.33. The van der Waals surface area contributed by atoms with Gasteiger partial charge in [0.2, 0.25) is 0 Å². The lowest BCUT2D eigenvalue weighted by molar-refractivity contribution is 0.548. The van der Waals surface area contributed by atoms with Crippen molar-refractivity contribution >= 4 is 33.2 Å². The Bertz CT molecular complexity index is 420. The van der Waals surface area contributed by atoms with Crippen LogP contribution in [0.1, 0.15) is 19.3 Å². The van der Waals surface area contributed by atoms with Gasteiger partial charge in [-0.05, 0) is 37.5 Å². The summed E-state index contributed by atoms with van der Waals surface area (Å²) in [5.41, 5.74) is 1.15. The molecule has 2 aliphatic rings. The second kappa shape index (κ2) is 4.79. The van der Waals surface area contributed by atoms with Crippen LogP contribution < -0.4 is 10.2 Å². The molecule has 1 saturated heterocycles. The van der Waals surface area contributed by atoms with E-state index in [1.165, 1.54) is 19.3 Å². The predicted molar refractivity (Wildman–Crippen MR) is 75.9 cm³/mol. The summed E-state index contributed by atoms with van der Waals surface area (Å²) in [6.45, 7) is 2.17. The Balaban J connectivity index is 1.69. The predicted octanol–water partition coefficient (Wildman–Crippen LogP) is 3.43. The molecule has 0 amide bonds. The van der Waals surface area contributed by atoms with E-state index in [4.69, 9.17) is 11.6 Å². The lowest BCUT2D eigenvalue weighted by atomic mass is 10.2. The summed E-state index contributed by atoms with van der Waals surface area (Å²) in [5.74, 6) is 0. The van der Waals surface area contributed by atoms with Crippen LogP contribution in [-0.4, -0.2) is 25.2 Å². The highest BCUT2D eigenvalue weighted by Gasteiger charge is 2.29. The highest BCUT2D eigenvalue weighted by atomic mass is 79.9. The summed E-state index contributed by atoms with van der Waals surface area (Å²) >= 11 is 9.77. The molecule has 1 saturated carbocycles. The van der Waals surface area contributed by atoms with Crippen molar-refractivity contribution in [3.05, 3.63) is 27.7 Å². The minimum absolute atomic E-state index is 0.637. The molecule has 2 fully saturated rings. The van der Waals surface area contributed by atoms with Gasteiger partial charge in [0.15, 0.2) is 0 Å². The van der Waals surface area contributed by atoms with Gasteiger partial charge < -0.3 is 10.2 Å². The zero-order valence-electron chi connectivity index (χ0n) is 9.63. The zero-order valence-corrected chi connectivity index (χ0v) is 12.0. The topological polar surface area (TPSA) is 15.3 Å². The molecule has 2 nitrogen and oxygen atoms in total. The van der Waals surface area contributed by atoms with E-state index in [9.17, 15) is 0 Å². The van der Waals surface area contributed by atoms with Crippen molar-refractivity contribution in [2.45, 2.75) is 31.3 Å². The average Bonchev–Trinajstić information content (AvgIpc) is 2.99. The van der Waals surface area contributed by atoms with Crippen LogP contribution in [0.5, 0.6) is 0 Å². The Labute approximate surface area is 115 Å². The van der Waals surface area contributed by atoms with Gasteiger partial charge in [0.1, 0.15) is 0 Å². The molecule has 92 valence electrons. The van der Waals surface area contributed by atoms with Crippen molar-refractivity contribution in [3.63, 3.8) is 0 Å². The van der Waals surface area contributed by atoms with Crippen LogP contribution in [0, 0.1) is 0 Å². The van der Waals surface area contributed by atoms with Crippen molar-refractivity contribution in [2.75, 3.05) is 18.0 Å². The fourth-order valence-electron chi connectivity index (χ4n) is 2.43. The van der Waals surface area contributed by atoms with Crippen LogP contribution in [0.2, 0.25) is 5.02 Å². The van der Waals surface area contributed by atoms with E-state index in [-0.39, 0.29) is 0 Å². The molecule has 1 heterocycles. The van der Waals surface area contributed by atoms with Gasteiger partial charge in [-0.3, -0.25) is 0 Å². The molecule has 1 unspecified atom stereocenters. The molecule has 1 aliphatic heterocycles. The fraction of sp³-hybridized carbons (Fsp3) is 0.538. The Morgan fingerprint density at radius 1 is 1.24 bits per heavy atom. The maximum absolute atomic E-state index is 6.26. The summed E-state index contributed by atoms with van der Waals surface area (Å²) in [7, 11) is 0. The zero-order chi connectivity index (χ0) is 11.8. The van der Waals surface area contributed by atoms with Crippen LogP contribution in [0.25, 0.3) is 0 Å². The smallest absolute Gasteiger partial charge is 0.0640 e. The van der Waals surface area contributed by atoms with E-state index >= 15 is 0 Å². The van der Waals surface area contributed by atoms with Crippen molar-refractivity contribution in [2.24, 2.45) is 0 Å². The minimum atomic E-state index is 0.637. The highest BCUT2D eigenvalue weighted by Crippen LogP contribution is 2.32. The van der Waals surface area contributed by atoms with Gasteiger partial charge in [0, 0.05) is 29.6 Å². The lowest BCUT2D eigenvalue weighted by Crippen LogP contribution is -2.34. The molecular formula is C13H16BrClN2. The van der Waals surface area contributed by atoms with E-state index in [1.54, 1.807) is 0 Å². The normalized spacial score (nSPS) is 24.4. The second-order valence-corrected chi connectivity index (χ2v) is 6.29. The largest absolute Gasteiger partial charge is 0.369 e. The van der Waals surface area contributed by atoms with E-state index < -0.39 is 0 Å². The molecule has 3 rings (SSSR count). The quantitative estimate of drug-likeness (QED) is 0.919. The Hall–Kier alpha value is -0.250. The first-order valence-electron chi connectivity index (χ1n) is 6.18. The molecular weight excluding hydrogens is 300 g/mol. The van der Waals surface area contributed by atoms with Crippen molar-refractivity contribution in [1.82, 2.24) is 5.32 Å². The van der Waals surface area contributed by atoms with Crippen LogP contribution in [-0.2, 0) is 0 Å². The highest BCUT2D eigenvalue weighted by molar-refractivity contribution is 9.10. The van der Waals surface area contributed by atoms with E-state index in [0.717, 1.165) is 34.3 Å².